The van der Waals surface area contributed by atoms with Crippen molar-refractivity contribution >= 4 is 23.4 Å². The molecule has 0 aromatic heterocycles. The van der Waals surface area contributed by atoms with Crippen LogP contribution in [0.25, 0.3) is 0 Å². The van der Waals surface area contributed by atoms with E-state index in [4.69, 9.17) is 0 Å². The van der Waals surface area contributed by atoms with Crippen molar-refractivity contribution in [3.05, 3.63) is 29.3 Å². The van der Waals surface area contributed by atoms with Gasteiger partial charge in [0, 0.05) is 6.04 Å². The molecule has 1 heterocycles. The zero-order chi connectivity index (χ0) is 12.3. The fourth-order valence-electron chi connectivity index (χ4n) is 2.08. The molecule has 1 saturated heterocycles. The summed E-state index contributed by atoms with van der Waals surface area (Å²) < 4.78 is 0. The number of hydrogen-bond donors (Lipinski definition) is 2. The Morgan fingerprint density at radius 1 is 1.41 bits per heavy atom. The minimum absolute atomic E-state index is 0.378. The lowest BCUT2D eigenvalue weighted by Gasteiger charge is -2.25. The third-order valence-corrected chi connectivity index (χ3v) is 4.12. The fraction of sp³-hybridized carbons (Fsp3) is 0.462. The lowest BCUT2D eigenvalue weighted by molar-refractivity contribution is 0.0698. The topological polar surface area (TPSA) is 49.3 Å². The minimum atomic E-state index is -0.860. The first-order chi connectivity index (χ1) is 8.18. The van der Waals surface area contributed by atoms with E-state index in [-0.39, 0.29) is 0 Å². The predicted octanol–water partition coefficient (Wildman–Crippen LogP) is 3.00. The predicted molar refractivity (Wildman–Crippen MR) is 72.1 cm³/mol. The van der Waals surface area contributed by atoms with Crippen LogP contribution in [0, 0.1) is 6.92 Å². The summed E-state index contributed by atoms with van der Waals surface area (Å²) >= 11 is 1.97. The number of thioether (sulfide) groups is 1. The average molecular weight is 251 g/mol. The lowest BCUT2D eigenvalue weighted by Crippen LogP contribution is -2.26. The van der Waals surface area contributed by atoms with Gasteiger partial charge in [-0.15, -0.1) is 0 Å². The highest BCUT2D eigenvalue weighted by Gasteiger charge is 2.18. The van der Waals surface area contributed by atoms with Gasteiger partial charge in [-0.3, -0.25) is 0 Å². The van der Waals surface area contributed by atoms with Crippen molar-refractivity contribution in [2.75, 3.05) is 16.8 Å². The molecule has 0 aliphatic carbocycles. The molecular formula is C13H17NO2S. The average Bonchev–Trinajstić information content (AvgIpc) is 2.33. The first-order valence-corrected chi connectivity index (χ1v) is 7.01. The normalized spacial score (nSPS) is 16.8. The molecule has 0 atom stereocenters. The van der Waals surface area contributed by atoms with E-state index in [1.165, 1.54) is 0 Å². The SMILES string of the molecule is Cc1cccc(C(=O)O)c1NC1CCSCC1. The molecule has 4 heteroatoms. The van der Waals surface area contributed by atoms with Crippen LogP contribution in [-0.2, 0) is 0 Å². The summed E-state index contributed by atoms with van der Waals surface area (Å²) in [4.78, 5) is 11.2. The largest absolute Gasteiger partial charge is 0.478 e. The summed E-state index contributed by atoms with van der Waals surface area (Å²) in [5.41, 5.74) is 2.17. The number of nitrogens with one attached hydrogen (secondary N) is 1. The molecule has 1 fully saturated rings. The van der Waals surface area contributed by atoms with E-state index in [1.807, 2.05) is 24.8 Å². The first-order valence-electron chi connectivity index (χ1n) is 5.85. The maximum atomic E-state index is 11.2. The van der Waals surface area contributed by atoms with Crippen molar-refractivity contribution in [3.63, 3.8) is 0 Å². The zero-order valence-corrected chi connectivity index (χ0v) is 10.7. The van der Waals surface area contributed by atoms with E-state index < -0.39 is 5.97 Å². The standard InChI is InChI=1S/C13H17NO2S/c1-9-3-2-4-11(13(15)16)12(9)14-10-5-7-17-8-6-10/h2-4,10,14H,5-8H2,1H3,(H,15,16). The van der Waals surface area contributed by atoms with Gasteiger partial charge in [0.25, 0.3) is 0 Å². The van der Waals surface area contributed by atoms with E-state index in [0.29, 0.717) is 11.6 Å². The summed E-state index contributed by atoms with van der Waals surface area (Å²) in [5.74, 6) is 1.46. The number of carboxylic acids is 1. The van der Waals surface area contributed by atoms with Crippen LogP contribution in [0.3, 0.4) is 0 Å². The molecule has 92 valence electrons. The van der Waals surface area contributed by atoms with Gasteiger partial charge >= 0.3 is 5.97 Å². The van der Waals surface area contributed by atoms with E-state index >= 15 is 0 Å². The minimum Gasteiger partial charge on any atom is -0.478 e. The number of benzene rings is 1. The van der Waals surface area contributed by atoms with E-state index in [1.54, 1.807) is 12.1 Å². The summed E-state index contributed by atoms with van der Waals surface area (Å²) in [5, 5.41) is 12.6. The van der Waals surface area contributed by atoms with Gasteiger partial charge in [-0.2, -0.15) is 11.8 Å². The molecule has 2 N–H and O–H groups in total. The Hall–Kier alpha value is -1.16. The van der Waals surface area contributed by atoms with Crippen molar-refractivity contribution in [2.24, 2.45) is 0 Å². The Morgan fingerprint density at radius 3 is 2.76 bits per heavy atom. The van der Waals surface area contributed by atoms with Crippen LogP contribution < -0.4 is 5.32 Å². The first kappa shape index (κ1) is 12.3. The third-order valence-electron chi connectivity index (χ3n) is 3.07. The molecule has 0 unspecified atom stereocenters. The smallest absolute Gasteiger partial charge is 0.337 e. The Balaban J connectivity index is 2.21. The molecule has 2 rings (SSSR count). The van der Waals surface area contributed by atoms with Gasteiger partial charge in [0.2, 0.25) is 0 Å². The molecular weight excluding hydrogens is 234 g/mol. The van der Waals surface area contributed by atoms with Gasteiger partial charge in [0.1, 0.15) is 0 Å². The van der Waals surface area contributed by atoms with Gasteiger partial charge in [-0.1, -0.05) is 12.1 Å². The highest BCUT2D eigenvalue weighted by Crippen LogP contribution is 2.25. The molecule has 0 radical (unpaired) electrons. The number of carbonyl (C=O) groups is 1. The van der Waals surface area contributed by atoms with E-state index in [0.717, 1.165) is 35.6 Å². The molecule has 17 heavy (non-hydrogen) atoms. The molecule has 0 bridgehead atoms. The van der Waals surface area contributed by atoms with Crippen LogP contribution in [0.15, 0.2) is 18.2 Å². The molecule has 0 amide bonds. The Kier molecular flexibility index (Phi) is 3.94. The summed E-state index contributed by atoms with van der Waals surface area (Å²) in [6, 6.07) is 5.82. The van der Waals surface area contributed by atoms with Crippen molar-refractivity contribution in [3.8, 4) is 0 Å². The van der Waals surface area contributed by atoms with Gasteiger partial charge in [-0.05, 0) is 42.9 Å². The van der Waals surface area contributed by atoms with Gasteiger partial charge in [0.15, 0.2) is 0 Å². The van der Waals surface area contributed by atoms with E-state index in [9.17, 15) is 9.90 Å². The molecule has 1 aliphatic rings. The molecule has 1 aliphatic heterocycles. The number of anilines is 1. The second kappa shape index (κ2) is 5.45. The van der Waals surface area contributed by atoms with Crippen LogP contribution in [0.5, 0.6) is 0 Å². The maximum Gasteiger partial charge on any atom is 0.337 e. The van der Waals surface area contributed by atoms with E-state index in [2.05, 4.69) is 5.32 Å². The van der Waals surface area contributed by atoms with Crippen LogP contribution in [-0.4, -0.2) is 28.6 Å². The number of aromatic carboxylic acids is 1. The zero-order valence-electron chi connectivity index (χ0n) is 9.90. The van der Waals surface area contributed by atoms with Crippen LogP contribution in [0.4, 0.5) is 5.69 Å². The van der Waals surface area contributed by atoms with Crippen LogP contribution >= 0.6 is 11.8 Å². The van der Waals surface area contributed by atoms with Crippen molar-refractivity contribution < 1.29 is 9.90 Å². The molecule has 1 aromatic carbocycles. The Labute approximate surface area is 106 Å². The number of para-hydroxylation sites is 1. The quantitative estimate of drug-likeness (QED) is 0.867. The number of aryl methyl sites for hydroxylation is 1. The second-order valence-electron chi connectivity index (χ2n) is 4.33. The third kappa shape index (κ3) is 2.94. The monoisotopic (exact) mass is 251 g/mol. The second-order valence-corrected chi connectivity index (χ2v) is 5.56. The summed E-state index contributed by atoms with van der Waals surface area (Å²) in [6.45, 7) is 1.95. The lowest BCUT2D eigenvalue weighted by atomic mass is 10.1. The maximum absolute atomic E-state index is 11.2. The summed E-state index contributed by atoms with van der Waals surface area (Å²) in [7, 11) is 0. The van der Waals surface area contributed by atoms with Crippen LogP contribution in [0.2, 0.25) is 0 Å². The number of rotatable bonds is 3. The molecule has 3 nitrogen and oxygen atoms in total. The fourth-order valence-corrected chi connectivity index (χ4v) is 3.19. The van der Waals surface area contributed by atoms with Crippen LogP contribution in [0.1, 0.15) is 28.8 Å². The van der Waals surface area contributed by atoms with Crippen molar-refractivity contribution in [1.29, 1.82) is 0 Å². The van der Waals surface area contributed by atoms with Crippen molar-refractivity contribution in [1.82, 2.24) is 0 Å². The van der Waals surface area contributed by atoms with Gasteiger partial charge in [-0.25, -0.2) is 4.79 Å². The highest BCUT2D eigenvalue weighted by molar-refractivity contribution is 7.99. The van der Waals surface area contributed by atoms with Gasteiger partial charge in [0.05, 0.1) is 11.3 Å². The number of hydrogen-bond acceptors (Lipinski definition) is 3. The molecule has 1 aromatic rings. The Bertz CT molecular complexity index is 414. The Morgan fingerprint density at radius 2 is 2.12 bits per heavy atom. The highest BCUT2D eigenvalue weighted by atomic mass is 32.2. The number of carboxylic acid groups (broad SMARTS) is 1. The van der Waals surface area contributed by atoms with Crippen molar-refractivity contribution in [2.45, 2.75) is 25.8 Å². The van der Waals surface area contributed by atoms with Gasteiger partial charge < -0.3 is 10.4 Å². The molecule has 0 spiro atoms. The summed E-state index contributed by atoms with van der Waals surface area (Å²) in [6.07, 6.45) is 2.22. The molecule has 0 saturated carbocycles.